The number of likely N-dealkylation sites (tertiary alicyclic amines) is 1. The summed E-state index contributed by atoms with van der Waals surface area (Å²) in [6.45, 7) is 3.14. The number of nitrogens with zero attached hydrogens (tertiary/aromatic N) is 1. The average Bonchev–Trinajstić information content (AvgIpc) is 3.22. The van der Waals surface area contributed by atoms with Crippen LogP contribution in [-0.4, -0.2) is 46.9 Å². The standard InChI is InChI=1S/C22H24N2O4/c1-15-11-17(14-18(12-15)22(27)28)20(25)23-19(13-16-7-3-2-4-8-16)21(26)24-9-5-6-10-24/h2-4,7-8,11-12,14,19H,5-6,9-10,13H2,1H3,(H,23,25)(H,27,28). The summed E-state index contributed by atoms with van der Waals surface area (Å²) in [5.41, 5.74) is 1.92. The number of carbonyl (C=O) groups is 3. The maximum absolute atomic E-state index is 13.0. The van der Waals surface area contributed by atoms with Crippen LogP contribution in [0.3, 0.4) is 0 Å². The first kappa shape index (κ1) is 19.6. The molecule has 2 aromatic rings. The van der Waals surface area contributed by atoms with Crippen LogP contribution in [0.5, 0.6) is 0 Å². The van der Waals surface area contributed by atoms with Gasteiger partial charge in [0.2, 0.25) is 5.91 Å². The molecule has 0 aliphatic carbocycles. The molecular weight excluding hydrogens is 356 g/mol. The third-order valence-electron chi connectivity index (χ3n) is 4.89. The van der Waals surface area contributed by atoms with Crippen LogP contribution in [0.25, 0.3) is 0 Å². The molecule has 0 spiro atoms. The number of nitrogens with one attached hydrogen (secondary N) is 1. The predicted octanol–water partition coefficient (Wildman–Crippen LogP) is 2.66. The van der Waals surface area contributed by atoms with Gasteiger partial charge in [-0.3, -0.25) is 9.59 Å². The number of carbonyl (C=O) groups excluding carboxylic acids is 2. The molecule has 0 aromatic heterocycles. The summed E-state index contributed by atoms with van der Waals surface area (Å²) in [4.78, 5) is 38.9. The van der Waals surface area contributed by atoms with Gasteiger partial charge < -0.3 is 15.3 Å². The molecule has 0 saturated carbocycles. The molecule has 6 heteroatoms. The van der Waals surface area contributed by atoms with Crippen LogP contribution in [0.15, 0.2) is 48.5 Å². The molecule has 2 N–H and O–H groups in total. The van der Waals surface area contributed by atoms with E-state index in [1.165, 1.54) is 12.1 Å². The lowest BCUT2D eigenvalue weighted by Crippen LogP contribution is -2.49. The van der Waals surface area contributed by atoms with Crippen molar-refractivity contribution in [2.24, 2.45) is 0 Å². The SMILES string of the molecule is Cc1cc(C(=O)O)cc(C(=O)NC(Cc2ccccc2)C(=O)N2CCCC2)c1. The van der Waals surface area contributed by atoms with Crippen molar-refractivity contribution in [2.45, 2.75) is 32.2 Å². The molecule has 2 amide bonds. The van der Waals surface area contributed by atoms with E-state index in [0.29, 0.717) is 25.1 Å². The zero-order valence-corrected chi connectivity index (χ0v) is 15.9. The maximum atomic E-state index is 13.0. The molecular formula is C22H24N2O4. The van der Waals surface area contributed by atoms with Crippen molar-refractivity contribution >= 4 is 17.8 Å². The molecule has 1 aliphatic heterocycles. The molecule has 0 radical (unpaired) electrons. The van der Waals surface area contributed by atoms with Gasteiger partial charge >= 0.3 is 5.97 Å². The van der Waals surface area contributed by atoms with Crippen LogP contribution in [0, 0.1) is 6.92 Å². The molecule has 6 nitrogen and oxygen atoms in total. The minimum atomic E-state index is -1.09. The number of hydrogen-bond acceptors (Lipinski definition) is 3. The average molecular weight is 380 g/mol. The summed E-state index contributed by atoms with van der Waals surface area (Å²) in [5.74, 6) is -1.63. The first-order valence-corrected chi connectivity index (χ1v) is 9.42. The Balaban J connectivity index is 1.82. The topological polar surface area (TPSA) is 86.7 Å². The second-order valence-electron chi connectivity index (χ2n) is 7.14. The normalized spacial score (nSPS) is 14.5. The van der Waals surface area contributed by atoms with Gasteiger partial charge in [-0.25, -0.2) is 4.79 Å². The van der Waals surface area contributed by atoms with E-state index < -0.39 is 17.9 Å². The Morgan fingerprint density at radius 3 is 2.32 bits per heavy atom. The van der Waals surface area contributed by atoms with Crippen molar-refractivity contribution in [3.63, 3.8) is 0 Å². The Morgan fingerprint density at radius 1 is 1.04 bits per heavy atom. The molecule has 1 atom stereocenters. The number of carboxylic acids is 1. The van der Waals surface area contributed by atoms with Crippen molar-refractivity contribution in [1.29, 1.82) is 0 Å². The zero-order valence-electron chi connectivity index (χ0n) is 15.9. The summed E-state index contributed by atoms with van der Waals surface area (Å²) < 4.78 is 0. The second-order valence-corrected chi connectivity index (χ2v) is 7.14. The van der Waals surface area contributed by atoms with E-state index in [1.807, 2.05) is 30.3 Å². The lowest BCUT2D eigenvalue weighted by molar-refractivity contribution is -0.132. The van der Waals surface area contributed by atoms with E-state index in [4.69, 9.17) is 0 Å². The van der Waals surface area contributed by atoms with Crippen LogP contribution in [0.2, 0.25) is 0 Å². The highest BCUT2D eigenvalue weighted by Crippen LogP contribution is 2.14. The molecule has 1 aliphatic rings. The minimum Gasteiger partial charge on any atom is -0.478 e. The van der Waals surface area contributed by atoms with E-state index in [0.717, 1.165) is 18.4 Å². The molecule has 146 valence electrons. The van der Waals surface area contributed by atoms with Crippen molar-refractivity contribution in [2.75, 3.05) is 13.1 Å². The van der Waals surface area contributed by atoms with Crippen LogP contribution in [-0.2, 0) is 11.2 Å². The van der Waals surface area contributed by atoms with E-state index in [9.17, 15) is 19.5 Å². The summed E-state index contributed by atoms with van der Waals surface area (Å²) in [6.07, 6.45) is 2.33. The number of carboxylic acid groups (broad SMARTS) is 1. The molecule has 1 fully saturated rings. The molecule has 0 bridgehead atoms. The van der Waals surface area contributed by atoms with Gasteiger partial charge in [0, 0.05) is 25.1 Å². The Hall–Kier alpha value is -3.15. The zero-order chi connectivity index (χ0) is 20.1. The predicted molar refractivity (Wildman–Crippen MR) is 105 cm³/mol. The van der Waals surface area contributed by atoms with Crippen LogP contribution in [0.1, 0.15) is 44.7 Å². The van der Waals surface area contributed by atoms with Crippen molar-refractivity contribution < 1.29 is 19.5 Å². The van der Waals surface area contributed by atoms with Gasteiger partial charge in [-0.1, -0.05) is 30.3 Å². The van der Waals surface area contributed by atoms with E-state index >= 15 is 0 Å². The van der Waals surface area contributed by atoms with E-state index in [-0.39, 0.29) is 17.0 Å². The van der Waals surface area contributed by atoms with E-state index in [2.05, 4.69) is 5.32 Å². The van der Waals surface area contributed by atoms with Crippen LogP contribution >= 0.6 is 0 Å². The summed E-state index contributed by atoms with van der Waals surface area (Å²) in [6, 6.07) is 13.3. The van der Waals surface area contributed by atoms with Gasteiger partial charge in [-0.2, -0.15) is 0 Å². The van der Waals surface area contributed by atoms with Gasteiger partial charge in [0.1, 0.15) is 6.04 Å². The largest absolute Gasteiger partial charge is 0.478 e. The fourth-order valence-electron chi connectivity index (χ4n) is 3.49. The third-order valence-corrected chi connectivity index (χ3v) is 4.89. The first-order chi connectivity index (χ1) is 13.4. The second kappa shape index (κ2) is 8.69. The minimum absolute atomic E-state index is 0.0515. The molecule has 3 rings (SSSR count). The van der Waals surface area contributed by atoms with E-state index in [1.54, 1.807) is 17.9 Å². The molecule has 2 aromatic carbocycles. The number of hydrogen-bond donors (Lipinski definition) is 2. The number of aromatic carboxylic acids is 1. The highest BCUT2D eigenvalue weighted by Gasteiger charge is 2.28. The van der Waals surface area contributed by atoms with Gasteiger partial charge in [-0.15, -0.1) is 0 Å². The number of amides is 2. The monoisotopic (exact) mass is 380 g/mol. The molecule has 1 saturated heterocycles. The van der Waals surface area contributed by atoms with Crippen molar-refractivity contribution in [3.05, 3.63) is 70.8 Å². The number of aryl methyl sites for hydroxylation is 1. The number of benzene rings is 2. The quantitative estimate of drug-likeness (QED) is 0.807. The molecule has 28 heavy (non-hydrogen) atoms. The fraction of sp³-hybridized carbons (Fsp3) is 0.318. The van der Waals surface area contributed by atoms with Crippen molar-refractivity contribution in [1.82, 2.24) is 10.2 Å². The summed E-state index contributed by atoms with van der Waals surface area (Å²) in [5, 5.41) is 12.1. The van der Waals surface area contributed by atoms with Gasteiger partial charge in [0.05, 0.1) is 5.56 Å². The summed E-state index contributed by atoms with van der Waals surface area (Å²) >= 11 is 0. The summed E-state index contributed by atoms with van der Waals surface area (Å²) in [7, 11) is 0. The lowest BCUT2D eigenvalue weighted by Gasteiger charge is -2.24. The smallest absolute Gasteiger partial charge is 0.335 e. The van der Waals surface area contributed by atoms with Gasteiger partial charge in [-0.05, 0) is 49.1 Å². The molecule has 1 unspecified atom stereocenters. The van der Waals surface area contributed by atoms with Crippen molar-refractivity contribution in [3.8, 4) is 0 Å². The highest BCUT2D eigenvalue weighted by atomic mass is 16.4. The molecule has 1 heterocycles. The lowest BCUT2D eigenvalue weighted by atomic mass is 10.0. The van der Waals surface area contributed by atoms with Gasteiger partial charge in [0.25, 0.3) is 5.91 Å². The Morgan fingerprint density at radius 2 is 1.68 bits per heavy atom. The fourth-order valence-corrected chi connectivity index (χ4v) is 3.49. The first-order valence-electron chi connectivity index (χ1n) is 9.42. The Kier molecular flexibility index (Phi) is 6.09. The Bertz CT molecular complexity index is 873. The third kappa shape index (κ3) is 4.76. The maximum Gasteiger partial charge on any atom is 0.335 e. The van der Waals surface area contributed by atoms with Crippen LogP contribution in [0.4, 0.5) is 0 Å². The highest BCUT2D eigenvalue weighted by molar-refractivity contribution is 6.00. The van der Waals surface area contributed by atoms with Crippen LogP contribution < -0.4 is 5.32 Å². The van der Waals surface area contributed by atoms with Gasteiger partial charge in [0.15, 0.2) is 0 Å². The Labute approximate surface area is 164 Å². The number of rotatable bonds is 6.